The van der Waals surface area contributed by atoms with Crippen LogP contribution in [0.3, 0.4) is 0 Å². The van der Waals surface area contributed by atoms with Crippen molar-refractivity contribution in [3.63, 3.8) is 0 Å². The Hall–Kier alpha value is -0.0700. The second-order valence-corrected chi connectivity index (χ2v) is 2.06. The van der Waals surface area contributed by atoms with Crippen LogP contribution in [-0.4, -0.2) is 6.17 Å². The van der Waals surface area contributed by atoms with Crippen molar-refractivity contribution >= 4 is 0 Å². The van der Waals surface area contributed by atoms with E-state index in [0.717, 1.165) is 6.42 Å². The van der Waals surface area contributed by atoms with Gasteiger partial charge in [-0.1, -0.05) is 20.3 Å². The van der Waals surface area contributed by atoms with Crippen molar-refractivity contribution in [2.75, 3.05) is 0 Å². The van der Waals surface area contributed by atoms with E-state index in [-0.39, 0.29) is 5.92 Å². The van der Waals surface area contributed by atoms with Gasteiger partial charge in [0.2, 0.25) is 0 Å². The second kappa shape index (κ2) is 3.00. The van der Waals surface area contributed by atoms with Gasteiger partial charge in [-0.15, -0.1) is 0 Å². The molecule has 0 bridgehead atoms. The van der Waals surface area contributed by atoms with Crippen molar-refractivity contribution in [2.24, 2.45) is 5.92 Å². The van der Waals surface area contributed by atoms with Crippen LogP contribution in [0.1, 0.15) is 27.2 Å². The molecule has 1 heteroatoms. The minimum Gasteiger partial charge on any atom is -0.248 e. The maximum absolute atomic E-state index is 12.1. The van der Waals surface area contributed by atoms with E-state index in [4.69, 9.17) is 0 Å². The Morgan fingerprint density at radius 1 is 1.43 bits per heavy atom. The molecule has 0 radical (unpaired) electrons. The standard InChI is InChI=1S/C6H13F/c1-4-5(2)6(3)7/h5-6H,4H2,1-3H3/t5-,6+/m0/s1. The van der Waals surface area contributed by atoms with Gasteiger partial charge in [-0.2, -0.15) is 0 Å². The van der Waals surface area contributed by atoms with E-state index in [1.165, 1.54) is 0 Å². The van der Waals surface area contributed by atoms with Gasteiger partial charge in [0.1, 0.15) is 0 Å². The van der Waals surface area contributed by atoms with Crippen molar-refractivity contribution in [3.05, 3.63) is 0 Å². The van der Waals surface area contributed by atoms with E-state index in [9.17, 15) is 4.39 Å². The van der Waals surface area contributed by atoms with E-state index >= 15 is 0 Å². The normalized spacial score (nSPS) is 18.9. The molecule has 0 spiro atoms. The maximum Gasteiger partial charge on any atom is 0.0998 e. The molecule has 7 heavy (non-hydrogen) atoms. The summed E-state index contributed by atoms with van der Waals surface area (Å²) in [7, 11) is 0. The van der Waals surface area contributed by atoms with Gasteiger partial charge in [0, 0.05) is 0 Å². The first kappa shape index (κ1) is 6.93. The Morgan fingerprint density at radius 2 is 1.86 bits per heavy atom. The number of hydrogen-bond acceptors (Lipinski definition) is 0. The van der Waals surface area contributed by atoms with Crippen LogP contribution in [0.4, 0.5) is 4.39 Å². The highest BCUT2D eigenvalue weighted by molar-refractivity contribution is 4.54. The zero-order valence-corrected chi connectivity index (χ0v) is 5.24. The molecule has 0 fully saturated rings. The highest BCUT2D eigenvalue weighted by Crippen LogP contribution is 2.08. The highest BCUT2D eigenvalue weighted by atomic mass is 19.1. The molecule has 0 rings (SSSR count). The van der Waals surface area contributed by atoms with Crippen LogP contribution >= 0.6 is 0 Å². The SMILES string of the molecule is CC[C@H](C)[C@@H](C)F. The summed E-state index contributed by atoms with van der Waals surface area (Å²) in [6.45, 7) is 5.53. The predicted octanol–water partition coefficient (Wildman–Crippen LogP) is 2.39. The largest absolute Gasteiger partial charge is 0.248 e. The summed E-state index contributed by atoms with van der Waals surface area (Å²) in [5.74, 6) is 0.236. The van der Waals surface area contributed by atoms with Gasteiger partial charge >= 0.3 is 0 Å². The number of rotatable bonds is 2. The molecule has 0 heterocycles. The smallest absolute Gasteiger partial charge is 0.0998 e. The Kier molecular flexibility index (Phi) is 2.97. The Labute approximate surface area is 44.7 Å². The van der Waals surface area contributed by atoms with Crippen molar-refractivity contribution in [1.82, 2.24) is 0 Å². The molecule has 2 atom stereocenters. The summed E-state index contributed by atoms with van der Waals surface area (Å²) < 4.78 is 12.1. The molecule has 0 saturated carbocycles. The summed E-state index contributed by atoms with van der Waals surface area (Å²) in [6.07, 6.45) is 0.308. The Balaban J connectivity index is 3.14. The average Bonchev–Trinajstić information content (AvgIpc) is 1.65. The fourth-order valence-corrected chi connectivity index (χ4v) is 0.325. The highest BCUT2D eigenvalue weighted by Gasteiger charge is 2.05. The first-order chi connectivity index (χ1) is 3.18. The average molecular weight is 104 g/mol. The second-order valence-electron chi connectivity index (χ2n) is 2.06. The van der Waals surface area contributed by atoms with Gasteiger partial charge in [0.25, 0.3) is 0 Å². The molecule has 0 saturated heterocycles. The van der Waals surface area contributed by atoms with Crippen molar-refractivity contribution < 1.29 is 4.39 Å². The van der Waals surface area contributed by atoms with Gasteiger partial charge in [-0.05, 0) is 12.8 Å². The predicted molar refractivity (Wildman–Crippen MR) is 30.0 cm³/mol. The third-order valence-corrected chi connectivity index (χ3v) is 1.43. The van der Waals surface area contributed by atoms with E-state index < -0.39 is 6.17 Å². The van der Waals surface area contributed by atoms with E-state index in [1.807, 2.05) is 13.8 Å². The fraction of sp³-hybridized carbons (Fsp3) is 1.00. The molecule has 0 aromatic heterocycles. The maximum atomic E-state index is 12.1. The molecule has 0 amide bonds. The lowest BCUT2D eigenvalue weighted by Crippen LogP contribution is -2.05. The molecule has 0 unspecified atom stereocenters. The molecule has 44 valence electrons. The minimum absolute atomic E-state index is 0.236. The number of hydrogen-bond donors (Lipinski definition) is 0. The van der Waals surface area contributed by atoms with Gasteiger partial charge in [0.05, 0.1) is 6.17 Å². The fourth-order valence-electron chi connectivity index (χ4n) is 0.325. The number of halogens is 1. The Morgan fingerprint density at radius 3 is 1.86 bits per heavy atom. The summed E-state index contributed by atoms with van der Waals surface area (Å²) >= 11 is 0. The molecule has 0 aromatic rings. The first-order valence-electron chi connectivity index (χ1n) is 2.82. The van der Waals surface area contributed by atoms with Gasteiger partial charge in [-0.25, -0.2) is 4.39 Å². The number of alkyl halides is 1. The summed E-state index contributed by atoms with van der Waals surface area (Å²) in [5.41, 5.74) is 0. The van der Waals surface area contributed by atoms with Crippen LogP contribution in [0.5, 0.6) is 0 Å². The molecule has 0 nitrogen and oxygen atoms in total. The topological polar surface area (TPSA) is 0 Å². The third-order valence-electron chi connectivity index (χ3n) is 1.43. The summed E-state index contributed by atoms with van der Waals surface area (Å²) in [5, 5.41) is 0. The van der Waals surface area contributed by atoms with Crippen LogP contribution < -0.4 is 0 Å². The van der Waals surface area contributed by atoms with E-state index in [0.29, 0.717) is 0 Å². The Bertz CT molecular complexity index is 41.4. The molecule has 0 aromatic carbocycles. The zero-order chi connectivity index (χ0) is 5.86. The lowest BCUT2D eigenvalue weighted by Gasteiger charge is -2.06. The van der Waals surface area contributed by atoms with Crippen molar-refractivity contribution in [3.8, 4) is 0 Å². The van der Waals surface area contributed by atoms with E-state index in [2.05, 4.69) is 0 Å². The van der Waals surface area contributed by atoms with Crippen molar-refractivity contribution in [2.45, 2.75) is 33.4 Å². The van der Waals surface area contributed by atoms with E-state index in [1.54, 1.807) is 6.92 Å². The van der Waals surface area contributed by atoms with Gasteiger partial charge in [-0.3, -0.25) is 0 Å². The quantitative estimate of drug-likeness (QED) is 0.504. The lowest BCUT2D eigenvalue weighted by atomic mass is 10.1. The summed E-state index contributed by atoms with van der Waals surface area (Å²) in [4.78, 5) is 0. The van der Waals surface area contributed by atoms with Crippen LogP contribution in [-0.2, 0) is 0 Å². The molecule has 0 aliphatic heterocycles. The third kappa shape index (κ3) is 2.60. The van der Waals surface area contributed by atoms with Crippen LogP contribution in [0, 0.1) is 5.92 Å². The van der Waals surface area contributed by atoms with Crippen LogP contribution in [0.2, 0.25) is 0 Å². The first-order valence-corrected chi connectivity index (χ1v) is 2.82. The molecular weight excluding hydrogens is 91.1 g/mol. The molecule has 0 N–H and O–H groups in total. The monoisotopic (exact) mass is 104 g/mol. The van der Waals surface area contributed by atoms with Gasteiger partial charge < -0.3 is 0 Å². The summed E-state index contributed by atoms with van der Waals surface area (Å²) in [6, 6.07) is 0. The lowest BCUT2D eigenvalue weighted by molar-refractivity contribution is 0.259. The molecule has 0 aliphatic rings. The zero-order valence-electron chi connectivity index (χ0n) is 5.24. The minimum atomic E-state index is -0.634. The van der Waals surface area contributed by atoms with Gasteiger partial charge in [0.15, 0.2) is 0 Å². The van der Waals surface area contributed by atoms with Crippen molar-refractivity contribution in [1.29, 1.82) is 0 Å². The molecule has 0 aliphatic carbocycles. The van der Waals surface area contributed by atoms with Crippen LogP contribution in [0.25, 0.3) is 0 Å². The van der Waals surface area contributed by atoms with Crippen LogP contribution in [0.15, 0.2) is 0 Å². The molecular formula is C6H13F.